The Bertz CT molecular complexity index is 929. The zero-order chi connectivity index (χ0) is 18.7. The Morgan fingerprint density at radius 1 is 1.23 bits per heavy atom. The lowest BCUT2D eigenvalue weighted by atomic mass is 10.2. The summed E-state index contributed by atoms with van der Waals surface area (Å²) in [6, 6.07) is 9.89. The summed E-state index contributed by atoms with van der Waals surface area (Å²) < 4.78 is 5.36. The molecule has 0 saturated carbocycles. The number of amidine groups is 1. The van der Waals surface area contributed by atoms with Gasteiger partial charge in [0.15, 0.2) is 16.7 Å². The summed E-state index contributed by atoms with van der Waals surface area (Å²) in [5, 5.41) is 13.7. The lowest BCUT2D eigenvalue weighted by molar-refractivity contribution is -0.115. The second-order valence-corrected chi connectivity index (χ2v) is 7.09. The van der Waals surface area contributed by atoms with E-state index in [0.29, 0.717) is 38.2 Å². The van der Waals surface area contributed by atoms with Crippen LogP contribution < -0.4 is 10.1 Å². The number of carbonyl (C=O) groups is 1. The smallest absolute Gasteiger partial charge is 0.264 e. The van der Waals surface area contributed by atoms with E-state index in [0.717, 1.165) is 5.56 Å². The van der Waals surface area contributed by atoms with Gasteiger partial charge in [0.1, 0.15) is 0 Å². The van der Waals surface area contributed by atoms with Gasteiger partial charge in [-0.1, -0.05) is 29.3 Å². The number of benzene rings is 2. The quantitative estimate of drug-likeness (QED) is 0.698. The van der Waals surface area contributed by atoms with Gasteiger partial charge in [-0.25, -0.2) is 4.99 Å². The number of hydrogen-bond acceptors (Lipinski definition) is 5. The molecule has 1 fully saturated rings. The van der Waals surface area contributed by atoms with Crippen LogP contribution in [0, 0.1) is 0 Å². The van der Waals surface area contributed by atoms with Gasteiger partial charge in [0.25, 0.3) is 5.91 Å². The fraction of sp³-hybridized carbons (Fsp3) is 0.111. The van der Waals surface area contributed by atoms with Gasteiger partial charge in [-0.15, -0.1) is 0 Å². The Hall–Kier alpha value is -2.15. The van der Waals surface area contributed by atoms with Crippen molar-refractivity contribution in [2.75, 3.05) is 6.61 Å². The van der Waals surface area contributed by atoms with Crippen molar-refractivity contribution < 1.29 is 14.6 Å². The van der Waals surface area contributed by atoms with Crippen LogP contribution in [0.25, 0.3) is 6.08 Å². The molecule has 2 aromatic rings. The van der Waals surface area contributed by atoms with E-state index >= 15 is 0 Å². The molecule has 2 aromatic carbocycles. The molecule has 26 heavy (non-hydrogen) atoms. The molecule has 1 saturated heterocycles. The molecule has 1 amide bonds. The number of nitrogens with zero attached hydrogens (tertiary/aromatic N) is 1. The summed E-state index contributed by atoms with van der Waals surface area (Å²) in [7, 11) is 0. The second kappa shape index (κ2) is 8.03. The third-order valence-electron chi connectivity index (χ3n) is 3.37. The van der Waals surface area contributed by atoms with Gasteiger partial charge in [-0.05, 0) is 60.7 Å². The highest BCUT2D eigenvalue weighted by atomic mass is 35.5. The minimum atomic E-state index is -0.250. The number of aliphatic imine (C=N–C) groups is 1. The van der Waals surface area contributed by atoms with Crippen molar-refractivity contribution >= 4 is 57.8 Å². The number of ether oxygens (including phenoxy) is 1. The van der Waals surface area contributed by atoms with Crippen LogP contribution in [0.15, 0.2) is 46.3 Å². The normalized spacial score (nSPS) is 17.0. The number of carbonyl (C=O) groups excluding carboxylic acids is 1. The average Bonchev–Trinajstić information content (AvgIpc) is 2.93. The van der Waals surface area contributed by atoms with Crippen molar-refractivity contribution in [3.05, 3.63) is 56.9 Å². The van der Waals surface area contributed by atoms with Crippen molar-refractivity contribution in [2.24, 2.45) is 4.99 Å². The minimum absolute atomic E-state index is 0.0550. The number of halogens is 2. The van der Waals surface area contributed by atoms with Crippen molar-refractivity contribution in [3.63, 3.8) is 0 Å². The molecule has 8 heteroatoms. The lowest BCUT2D eigenvalue weighted by Gasteiger charge is -2.06. The molecule has 0 unspecified atom stereocenters. The molecule has 0 radical (unpaired) electrons. The number of amides is 1. The van der Waals surface area contributed by atoms with Gasteiger partial charge < -0.3 is 15.2 Å². The number of phenols is 1. The average molecular weight is 409 g/mol. The molecule has 5 nitrogen and oxygen atoms in total. The molecule has 3 rings (SSSR count). The monoisotopic (exact) mass is 408 g/mol. The Morgan fingerprint density at radius 3 is 2.77 bits per heavy atom. The number of nitrogens with one attached hydrogen (secondary N) is 1. The van der Waals surface area contributed by atoms with E-state index < -0.39 is 0 Å². The molecule has 0 aromatic heterocycles. The number of hydrogen-bond donors (Lipinski definition) is 2. The molecule has 0 bridgehead atoms. The highest BCUT2D eigenvalue weighted by Gasteiger charge is 2.24. The molecular formula is C18H14Cl2N2O3S. The largest absolute Gasteiger partial charge is 0.504 e. The zero-order valence-corrected chi connectivity index (χ0v) is 16.0. The Kier molecular flexibility index (Phi) is 5.76. The number of phenolic OH excluding ortho intramolecular Hbond substituents is 1. The molecule has 1 aliphatic heterocycles. The van der Waals surface area contributed by atoms with Crippen LogP contribution in [0.5, 0.6) is 11.5 Å². The van der Waals surface area contributed by atoms with E-state index in [1.807, 2.05) is 6.92 Å². The second-order valence-electron chi connectivity index (χ2n) is 5.24. The first-order chi connectivity index (χ1) is 12.5. The molecule has 0 spiro atoms. The van der Waals surface area contributed by atoms with Crippen molar-refractivity contribution in [2.45, 2.75) is 6.92 Å². The Labute approximate surface area is 164 Å². The Balaban J connectivity index is 1.83. The van der Waals surface area contributed by atoms with Crippen LogP contribution in [0.3, 0.4) is 0 Å². The lowest BCUT2D eigenvalue weighted by Crippen LogP contribution is -2.19. The van der Waals surface area contributed by atoms with Crippen LogP contribution >= 0.6 is 35.0 Å². The predicted molar refractivity (Wildman–Crippen MR) is 107 cm³/mol. The molecule has 1 aliphatic rings. The summed E-state index contributed by atoms with van der Waals surface area (Å²) in [5.74, 6) is 0.175. The maximum absolute atomic E-state index is 12.2. The molecule has 134 valence electrons. The van der Waals surface area contributed by atoms with Gasteiger partial charge >= 0.3 is 0 Å². The fourth-order valence-electron chi connectivity index (χ4n) is 2.20. The van der Waals surface area contributed by atoms with Gasteiger partial charge in [0, 0.05) is 0 Å². The van der Waals surface area contributed by atoms with Crippen LogP contribution in [0.4, 0.5) is 5.69 Å². The SMILES string of the molecule is CCOc1cc(/C=C2/SC(=Nc3ccc(Cl)c(Cl)c3)NC2=O)ccc1O. The van der Waals surface area contributed by atoms with Crippen molar-refractivity contribution in [3.8, 4) is 11.5 Å². The molecule has 0 atom stereocenters. The number of thioether (sulfide) groups is 1. The van der Waals surface area contributed by atoms with E-state index in [4.69, 9.17) is 27.9 Å². The summed E-state index contributed by atoms with van der Waals surface area (Å²) in [4.78, 5) is 17.0. The highest BCUT2D eigenvalue weighted by Crippen LogP contribution is 2.32. The fourth-order valence-corrected chi connectivity index (χ4v) is 3.33. The summed E-state index contributed by atoms with van der Waals surface area (Å²) in [6.07, 6.45) is 1.71. The molecule has 1 heterocycles. The van der Waals surface area contributed by atoms with E-state index in [2.05, 4.69) is 10.3 Å². The van der Waals surface area contributed by atoms with Crippen LogP contribution in [0.2, 0.25) is 10.0 Å². The molecule has 0 aliphatic carbocycles. The van der Waals surface area contributed by atoms with Gasteiger partial charge in [-0.3, -0.25) is 4.79 Å². The first-order valence-corrected chi connectivity index (χ1v) is 9.24. The van der Waals surface area contributed by atoms with E-state index in [9.17, 15) is 9.90 Å². The zero-order valence-electron chi connectivity index (χ0n) is 13.6. The number of rotatable bonds is 4. The van der Waals surface area contributed by atoms with Gasteiger partial charge in [0.2, 0.25) is 0 Å². The third kappa shape index (κ3) is 4.33. The van der Waals surface area contributed by atoms with Gasteiger partial charge in [-0.2, -0.15) is 0 Å². The van der Waals surface area contributed by atoms with Crippen LogP contribution in [-0.4, -0.2) is 22.8 Å². The van der Waals surface area contributed by atoms with Crippen LogP contribution in [0.1, 0.15) is 12.5 Å². The van der Waals surface area contributed by atoms with E-state index in [1.165, 1.54) is 17.8 Å². The minimum Gasteiger partial charge on any atom is -0.504 e. The molecular weight excluding hydrogens is 395 g/mol. The Morgan fingerprint density at radius 2 is 2.04 bits per heavy atom. The molecule has 2 N–H and O–H groups in total. The summed E-state index contributed by atoms with van der Waals surface area (Å²) in [6.45, 7) is 2.26. The topological polar surface area (TPSA) is 70.9 Å². The third-order valence-corrected chi connectivity index (χ3v) is 5.02. The summed E-state index contributed by atoms with van der Waals surface area (Å²) >= 11 is 13.1. The van der Waals surface area contributed by atoms with Crippen molar-refractivity contribution in [1.82, 2.24) is 5.32 Å². The standard InChI is InChI=1S/C18H14Cl2N2O3S/c1-2-25-15-7-10(3-6-14(15)23)8-16-17(24)22-18(26-16)21-11-4-5-12(19)13(20)9-11/h3-9,23H,2H2,1H3,(H,21,22,24)/b16-8+. The van der Waals surface area contributed by atoms with E-state index in [1.54, 1.807) is 36.4 Å². The first kappa shape index (κ1) is 18.6. The predicted octanol–water partition coefficient (Wildman–Crippen LogP) is 4.99. The van der Waals surface area contributed by atoms with E-state index in [-0.39, 0.29) is 11.7 Å². The number of aromatic hydroxyl groups is 1. The first-order valence-electron chi connectivity index (χ1n) is 7.66. The highest BCUT2D eigenvalue weighted by molar-refractivity contribution is 8.18. The van der Waals surface area contributed by atoms with Crippen LogP contribution in [-0.2, 0) is 4.79 Å². The maximum Gasteiger partial charge on any atom is 0.264 e. The van der Waals surface area contributed by atoms with Crippen molar-refractivity contribution in [1.29, 1.82) is 0 Å². The summed E-state index contributed by atoms with van der Waals surface area (Å²) in [5.41, 5.74) is 1.33. The maximum atomic E-state index is 12.2. The van der Waals surface area contributed by atoms with Gasteiger partial charge in [0.05, 0.1) is 27.2 Å².